The minimum Gasteiger partial charge on any atom is -0.357 e. The Morgan fingerprint density at radius 1 is 1.22 bits per heavy atom. The van der Waals surface area contributed by atoms with Crippen LogP contribution in [-0.2, 0) is 6.54 Å². The van der Waals surface area contributed by atoms with Crippen molar-refractivity contribution < 1.29 is 0 Å². The maximum atomic E-state index is 4.76. The molecule has 2 N–H and O–H groups in total. The quantitative estimate of drug-likeness (QED) is 0.329. The molecule has 0 saturated carbocycles. The SMILES string of the molecule is CCNC(=NCc1ccnc(N2CCCCCC2)c1)NCC(C)(C)SC.I. The van der Waals surface area contributed by atoms with Crippen molar-refractivity contribution in [2.75, 3.05) is 37.3 Å². The zero-order valence-electron chi connectivity index (χ0n) is 17.3. The number of thioether (sulfide) groups is 1. The van der Waals surface area contributed by atoms with E-state index in [4.69, 9.17) is 4.99 Å². The summed E-state index contributed by atoms with van der Waals surface area (Å²) in [6.07, 6.45) is 9.28. The highest BCUT2D eigenvalue weighted by atomic mass is 127. The van der Waals surface area contributed by atoms with Gasteiger partial charge in [-0.2, -0.15) is 11.8 Å². The summed E-state index contributed by atoms with van der Waals surface area (Å²) in [6, 6.07) is 4.27. The van der Waals surface area contributed by atoms with Gasteiger partial charge in [-0.1, -0.05) is 12.8 Å². The van der Waals surface area contributed by atoms with Gasteiger partial charge < -0.3 is 15.5 Å². The maximum absolute atomic E-state index is 4.76. The zero-order valence-corrected chi connectivity index (χ0v) is 20.4. The fraction of sp³-hybridized carbons (Fsp3) is 0.700. The molecule has 0 aromatic carbocycles. The molecule has 1 fully saturated rings. The second-order valence-corrected chi connectivity index (χ2v) is 8.95. The summed E-state index contributed by atoms with van der Waals surface area (Å²) >= 11 is 1.86. The molecule has 2 rings (SSSR count). The lowest BCUT2D eigenvalue weighted by atomic mass is 10.2. The number of nitrogens with one attached hydrogen (secondary N) is 2. The molecular weight excluding hydrogens is 469 g/mol. The number of anilines is 1. The first-order valence-electron chi connectivity index (χ1n) is 9.81. The van der Waals surface area contributed by atoms with E-state index in [1.807, 2.05) is 18.0 Å². The lowest BCUT2D eigenvalue weighted by Gasteiger charge is -2.24. The van der Waals surface area contributed by atoms with E-state index in [2.05, 4.69) is 59.7 Å². The van der Waals surface area contributed by atoms with Crippen LogP contribution in [0, 0.1) is 0 Å². The van der Waals surface area contributed by atoms with Crippen LogP contribution in [0.2, 0.25) is 0 Å². The molecule has 1 aromatic rings. The van der Waals surface area contributed by atoms with Crippen LogP contribution in [0.4, 0.5) is 5.82 Å². The Balaban J connectivity index is 0.00000364. The van der Waals surface area contributed by atoms with Gasteiger partial charge >= 0.3 is 0 Å². The van der Waals surface area contributed by atoms with Crippen molar-refractivity contribution in [2.24, 2.45) is 4.99 Å². The van der Waals surface area contributed by atoms with Gasteiger partial charge in [-0.05, 0) is 57.6 Å². The van der Waals surface area contributed by atoms with Gasteiger partial charge in [0.15, 0.2) is 5.96 Å². The highest BCUT2D eigenvalue weighted by Crippen LogP contribution is 2.20. The van der Waals surface area contributed by atoms with E-state index in [-0.39, 0.29) is 28.7 Å². The Morgan fingerprint density at radius 3 is 2.56 bits per heavy atom. The summed E-state index contributed by atoms with van der Waals surface area (Å²) in [4.78, 5) is 11.8. The first-order chi connectivity index (χ1) is 12.5. The Kier molecular flexibility index (Phi) is 11.4. The summed E-state index contributed by atoms with van der Waals surface area (Å²) in [5, 5.41) is 6.80. The Bertz CT molecular complexity index is 571. The van der Waals surface area contributed by atoms with Gasteiger partial charge in [0, 0.05) is 37.1 Å². The Morgan fingerprint density at radius 2 is 1.93 bits per heavy atom. The molecular formula is C20H36IN5S. The van der Waals surface area contributed by atoms with Gasteiger partial charge in [0.1, 0.15) is 5.82 Å². The van der Waals surface area contributed by atoms with Crippen LogP contribution in [-0.4, -0.2) is 48.1 Å². The fourth-order valence-electron chi connectivity index (χ4n) is 2.91. The molecule has 0 amide bonds. The standard InChI is InChI=1S/C20H35N5S.HI/c1-5-21-19(24-16-20(2,3)26-4)23-15-17-10-11-22-18(14-17)25-12-8-6-7-9-13-25;/h10-11,14H,5-9,12-13,15-16H2,1-4H3,(H2,21,23,24);1H. The highest BCUT2D eigenvalue weighted by Gasteiger charge is 2.16. The molecule has 1 aromatic heterocycles. The minimum atomic E-state index is 0. The molecule has 1 aliphatic heterocycles. The molecule has 0 atom stereocenters. The molecule has 154 valence electrons. The van der Waals surface area contributed by atoms with Crippen LogP contribution in [0.15, 0.2) is 23.3 Å². The van der Waals surface area contributed by atoms with Gasteiger partial charge in [0.05, 0.1) is 6.54 Å². The summed E-state index contributed by atoms with van der Waals surface area (Å²) in [5.41, 5.74) is 1.21. The van der Waals surface area contributed by atoms with Gasteiger partial charge in [-0.25, -0.2) is 9.98 Å². The summed E-state index contributed by atoms with van der Waals surface area (Å²) < 4.78 is 0.187. The molecule has 0 aliphatic carbocycles. The third-order valence-corrected chi connectivity index (χ3v) is 5.99. The van der Waals surface area contributed by atoms with Crippen molar-refractivity contribution in [2.45, 2.75) is 57.7 Å². The smallest absolute Gasteiger partial charge is 0.191 e. The monoisotopic (exact) mass is 505 g/mol. The number of nitrogens with zero attached hydrogens (tertiary/aromatic N) is 3. The number of aromatic nitrogens is 1. The first kappa shape index (κ1) is 24.3. The number of pyridine rings is 1. The fourth-order valence-corrected chi connectivity index (χ4v) is 3.13. The van der Waals surface area contributed by atoms with Crippen molar-refractivity contribution in [1.29, 1.82) is 0 Å². The van der Waals surface area contributed by atoms with E-state index in [9.17, 15) is 0 Å². The lowest BCUT2D eigenvalue weighted by molar-refractivity contribution is 0.665. The molecule has 27 heavy (non-hydrogen) atoms. The number of hydrogen-bond donors (Lipinski definition) is 2. The van der Waals surface area contributed by atoms with Gasteiger partial charge in [0.2, 0.25) is 0 Å². The van der Waals surface area contributed by atoms with Crippen LogP contribution in [0.3, 0.4) is 0 Å². The third kappa shape index (κ3) is 8.89. The molecule has 7 heteroatoms. The van der Waals surface area contributed by atoms with E-state index in [1.165, 1.54) is 31.2 Å². The molecule has 0 spiro atoms. The zero-order chi connectivity index (χ0) is 18.8. The summed E-state index contributed by atoms with van der Waals surface area (Å²) in [7, 11) is 0. The topological polar surface area (TPSA) is 52.6 Å². The van der Waals surface area contributed by atoms with Gasteiger partial charge in [-0.3, -0.25) is 0 Å². The van der Waals surface area contributed by atoms with Gasteiger partial charge in [0.25, 0.3) is 0 Å². The molecule has 0 unspecified atom stereocenters. The molecule has 1 aliphatic rings. The second kappa shape index (κ2) is 12.7. The minimum absolute atomic E-state index is 0. The van der Waals surface area contributed by atoms with Crippen LogP contribution >= 0.6 is 35.7 Å². The van der Waals surface area contributed by atoms with Crippen molar-refractivity contribution >= 4 is 47.5 Å². The normalized spacial score (nSPS) is 15.7. The average molecular weight is 506 g/mol. The van der Waals surface area contributed by atoms with E-state index in [0.717, 1.165) is 38.0 Å². The number of rotatable bonds is 7. The summed E-state index contributed by atoms with van der Waals surface area (Å²) in [6.45, 7) is 11.2. The highest BCUT2D eigenvalue weighted by molar-refractivity contribution is 14.0. The average Bonchev–Trinajstić information content (AvgIpc) is 2.94. The van der Waals surface area contributed by atoms with E-state index >= 15 is 0 Å². The van der Waals surface area contributed by atoms with Gasteiger partial charge in [-0.15, -0.1) is 24.0 Å². The molecule has 0 radical (unpaired) electrons. The van der Waals surface area contributed by atoms with Crippen molar-refractivity contribution in [1.82, 2.24) is 15.6 Å². The van der Waals surface area contributed by atoms with Crippen LogP contribution in [0.25, 0.3) is 0 Å². The van der Waals surface area contributed by atoms with E-state index in [1.54, 1.807) is 0 Å². The van der Waals surface area contributed by atoms with E-state index < -0.39 is 0 Å². The third-order valence-electron chi connectivity index (χ3n) is 4.74. The Labute approximate surface area is 186 Å². The molecule has 2 heterocycles. The van der Waals surface area contributed by atoms with Crippen LogP contribution < -0.4 is 15.5 Å². The number of guanidine groups is 1. The molecule has 0 bridgehead atoms. The maximum Gasteiger partial charge on any atom is 0.191 e. The predicted octanol–water partition coefficient (Wildman–Crippen LogP) is 4.28. The van der Waals surface area contributed by atoms with Crippen molar-refractivity contribution in [3.05, 3.63) is 23.9 Å². The first-order valence-corrected chi connectivity index (χ1v) is 11.0. The number of aliphatic imine (C=N–C) groups is 1. The van der Waals surface area contributed by atoms with Crippen molar-refractivity contribution in [3.63, 3.8) is 0 Å². The second-order valence-electron chi connectivity index (χ2n) is 7.44. The number of halogens is 1. The largest absolute Gasteiger partial charge is 0.357 e. The van der Waals surface area contributed by atoms with Crippen molar-refractivity contribution in [3.8, 4) is 0 Å². The van der Waals surface area contributed by atoms with Crippen LogP contribution in [0.5, 0.6) is 0 Å². The predicted molar refractivity (Wildman–Crippen MR) is 131 cm³/mol. The number of hydrogen-bond acceptors (Lipinski definition) is 4. The summed E-state index contributed by atoms with van der Waals surface area (Å²) in [5.74, 6) is 1.98. The van der Waals surface area contributed by atoms with E-state index in [0.29, 0.717) is 6.54 Å². The Hall–Kier alpha value is -0.700. The molecule has 1 saturated heterocycles. The van der Waals surface area contributed by atoms with Crippen LogP contribution in [0.1, 0.15) is 52.0 Å². The molecule has 5 nitrogen and oxygen atoms in total. The lowest BCUT2D eigenvalue weighted by Crippen LogP contribution is -2.43.